The van der Waals surface area contributed by atoms with E-state index >= 15 is 0 Å². The summed E-state index contributed by atoms with van der Waals surface area (Å²) in [4.78, 5) is 26.9. The van der Waals surface area contributed by atoms with Crippen LogP contribution in [0.25, 0.3) is 6.08 Å². The lowest BCUT2D eigenvalue weighted by Crippen LogP contribution is -2.66. The van der Waals surface area contributed by atoms with E-state index < -0.39 is 5.54 Å². The molecule has 0 aromatic heterocycles. The smallest absolute Gasteiger partial charge is 0.250 e. The molecular formula is C22H21N3O2. The van der Waals surface area contributed by atoms with Crippen molar-refractivity contribution in [2.75, 3.05) is 11.9 Å². The van der Waals surface area contributed by atoms with Crippen molar-refractivity contribution in [1.82, 2.24) is 4.90 Å². The average molecular weight is 359 g/mol. The number of likely N-dealkylation sites (tertiary alicyclic amines) is 1. The second kappa shape index (κ2) is 7.88. The predicted octanol–water partition coefficient (Wildman–Crippen LogP) is 3.59. The van der Waals surface area contributed by atoms with Crippen LogP contribution in [-0.2, 0) is 9.59 Å². The molecule has 2 aromatic carbocycles. The summed E-state index contributed by atoms with van der Waals surface area (Å²) < 4.78 is 0. The molecule has 2 amide bonds. The molecule has 1 atom stereocenters. The Labute approximate surface area is 158 Å². The highest BCUT2D eigenvalue weighted by Crippen LogP contribution is 2.32. The lowest BCUT2D eigenvalue weighted by Gasteiger charge is -2.49. The fraction of sp³-hybridized carbons (Fsp3) is 0.227. The fourth-order valence-corrected chi connectivity index (χ4v) is 3.10. The number of anilines is 1. The van der Waals surface area contributed by atoms with E-state index in [-0.39, 0.29) is 18.2 Å². The van der Waals surface area contributed by atoms with Gasteiger partial charge in [-0.05, 0) is 37.1 Å². The third kappa shape index (κ3) is 4.06. The maximum Gasteiger partial charge on any atom is 0.250 e. The standard InChI is InChI=1S/C22H21N3O2/c1-22(21(27)24-19-11-5-10-18(15-19)16-23)13-14-25(22)20(26)12-6-9-17-7-3-2-4-8-17/h2-11,15H,12-14H2,1H3,(H,24,27)/b9-6+. The first-order chi connectivity index (χ1) is 13.0. The zero-order valence-electron chi connectivity index (χ0n) is 15.2. The van der Waals surface area contributed by atoms with E-state index in [1.54, 1.807) is 36.1 Å². The Kier molecular flexibility index (Phi) is 5.37. The van der Waals surface area contributed by atoms with Crippen molar-refractivity contribution in [2.24, 2.45) is 0 Å². The molecule has 1 fully saturated rings. The van der Waals surface area contributed by atoms with Gasteiger partial charge >= 0.3 is 0 Å². The molecule has 2 aromatic rings. The van der Waals surface area contributed by atoms with Gasteiger partial charge in [0.25, 0.3) is 0 Å². The van der Waals surface area contributed by atoms with E-state index in [9.17, 15) is 9.59 Å². The summed E-state index contributed by atoms with van der Waals surface area (Å²) in [5.41, 5.74) is 1.21. The second-order valence-corrected chi connectivity index (χ2v) is 6.73. The Hall–Kier alpha value is -3.39. The van der Waals surface area contributed by atoms with Crippen molar-refractivity contribution in [2.45, 2.75) is 25.3 Å². The van der Waals surface area contributed by atoms with Gasteiger partial charge in [-0.15, -0.1) is 0 Å². The number of nitrogens with zero attached hydrogens (tertiary/aromatic N) is 2. The minimum Gasteiger partial charge on any atom is -0.328 e. The van der Waals surface area contributed by atoms with Gasteiger partial charge in [0, 0.05) is 18.7 Å². The highest BCUT2D eigenvalue weighted by molar-refractivity contribution is 6.01. The first-order valence-corrected chi connectivity index (χ1v) is 8.86. The Morgan fingerprint density at radius 3 is 2.67 bits per heavy atom. The molecule has 1 aliphatic rings. The minimum absolute atomic E-state index is 0.0724. The van der Waals surface area contributed by atoms with E-state index in [0.717, 1.165) is 5.56 Å². The van der Waals surface area contributed by atoms with E-state index in [1.165, 1.54) is 0 Å². The second-order valence-electron chi connectivity index (χ2n) is 6.73. The predicted molar refractivity (Wildman–Crippen MR) is 105 cm³/mol. The summed E-state index contributed by atoms with van der Waals surface area (Å²) in [6.07, 6.45) is 4.60. The summed E-state index contributed by atoms with van der Waals surface area (Å²) in [7, 11) is 0. The zero-order valence-corrected chi connectivity index (χ0v) is 15.2. The maximum absolute atomic E-state index is 12.7. The molecule has 3 rings (SSSR count). The summed E-state index contributed by atoms with van der Waals surface area (Å²) in [5, 5.41) is 11.8. The molecular weight excluding hydrogens is 338 g/mol. The molecule has 136 valence electrons. The van der Waals surface area contributed by atoms with E-state index in [0.29, 0.717) is 24.2 Å². The highest BCUT2D eigenvalue weighted by Gasteiger charge is 2.48. The highest BCUT2D eigenvalue weighted by atomic mass is 16.2. The van der Waals surface area contributed by atoms with Gasteiger partial charge in [0.15, 0.2) is 0 Å². The number of nitrogens with one attached hydrogen (secondary N) is 1. The van der Waals surface area contributed by atoms with Crippen LogP contribution in [0.4, 0.5) is 5.69 Å². The molecule has 1 unspecified atom stereocenters. The van der Waals surface area contributed by atoms with E-state index in [2.05, 4.69) is 5.32 Å². The first kappa shape index (κ1) is 18.4. The lowest BCUT2D eigenvalue weighted by molar-refractivity contribution is -0.154. The van der Waals surface area contributed by atoms with Gasteiger partial charge in [-0.1, -0.05) is 48.6 Å². The Morgan fingerprint density at radius 1 is 1.22 bits per heavy atom. The number of amides is 2. The van der Waals surface area contributed by atoms with Crippen molar-refractivity contribution < 1.29 is 9.59 Å². The topological polar surface area (TPSA) is 73.2 Å². The Morgan fingerprint density at radius 2 is 2.00 bits per heavy atom. The van der Waals surface area contributed by atoms with Crippen LogP contribution >= 0.6 is 0 Å². The molecule has 0 radical (unpaired) electrons. The van der Waals surface area contributed by atoms with Crippen LogP contribution in [0.2, 0.25) is 0 Å². The molecule has 5 heteroatoms. The molecule has 1 saturated heterocycles. The van der Waals surface area contributed by atoms with Crippen LogP contribution < -0.4 is 5.32 Å². The third-order valence-electron chi connectivity index (χ3n) is 4.86. The zero-order chi connectivity index (χ0) is 19.3. The molecule has 0 saturated carbocycles. The van der Waals surface area contributed by atoms with E-state index in [4.69, 9.17) is 5.26 Å². The number of rotatable bonds is 5. The lowest BCUT2D eigenvalue weighted by atomic mass is 9.85. The van der Waals surface area contributed by atoms with E-state index in [1.807, 2.05) is 48.6 Å². The average Bonchev–Trinajstić information content (AvgIpc) is 2.67. The number of carbonyl (C=O) groups is 2. The fourth-order valence-electron chi connectivity index (χ4n) is 3.10. The summed E-state index contributed by atoms with van der Waals surface area (Å²) in [6, 6.07) is 18.6. The van der Waals surface area contributed by atoms with Crippen LogP contribution in [0.15, 0.2) is 60.7 Å². The summed E-state index contributed by atoms with van der Waals surface area (Å²) in [6.45, 7) is 2.35. The van der Waals surface area contributed by atoms with Gasteiger partial charge in [0.2, 0.25) is 11.8 Å². The monoisotopic (exact) mass is 359 g/mol. The molecule has 1 aliphatic heterocycles. The molecule has 0 spiro atoms. The first-order valence-electron chi connectivity index (χ1n) is 8.86. The molecule has 1 N–H and O–H groups in total. The van der Waals surface area contributed by atoms with Gasteiger partial charge < -0.3 is 10.2 Å². The van der Waals surface area contributed by atoms with Gasteiger partial charge in [-0.2, -0.15) is 5.26 Å². The number of benzene rings is 2. The molecule has 0 bridgehead atoms. The largest absolute Gasteiger partial charge is 0.328 e. The molecule has 5 nitrogen and oxygen atoms in total. The van der Waals surface area contributed by atoms with Crippen molar-refractivity contribution >= 4 is 23.6 Å². The summed E-state index contributed by atoms with van der Waals surface area (Å²) in [5.74, 6) is -0.305. The third-order valence-corrected chi connectivity index (χ3v) is 4.86. The van der Waals surface area contributed by atoms with Crippen molar-refractivity contribution in [3.63, 3.8) is 0 Å². The number of nitriles is 1. The van der Waals surface area contributed by atoms with Gasteiger partial charge in [0.05, 0.1) is 11.6 Å². The molecule has 1 heterocycles. The van der Waals surface area contributed by atoms with Gasteiger partial charge in [0.1, 0.15) is 5.54 Å². The number of carbonyl (C=O) groups excluding carboxylic acids is 2. The van der Waals surface area contributed by atoms with Gasteiger partial charge in [-0.25, -0.2) is 0 Å². The van der Waals surface area contributed by atoms with Crippen LogP contribution in [0, 0.1) is 11.3 Å². The van der Waals surface area contributed by atoms with Crippen LogP contribution in [0.1, 0.15) is 30.9 Å². The van der Waals surface area contributed by atoms with Crippen LogP contribution in [-0.4, -0.2) is 28.8 Å². The molecule has 0 aliphatic carbocycles. The minimum atomic E-state index is -0.861. The maximum atomic E-state index is 12.7. The van der Waals surface area contributed by atoms with Gasteiger partial charge in [-0.3, -0.25) is 9.59 Å². The quantitative estimate of drug-likeness (QED) is 0.886. The van der Waals surface area contributed by atoms with Crippen LogP contribution in [0.5, 0.6) is 0 Å². The summed E-state index contributed by atoms with van der Waals surface area (Å²) >= 11 is 0. The normalized spacial score (nSPS) is 18.6. The van der Waals surface area contributed by atoms with Crippen molar-refractivity contribution in [1.29, 1.82) is 5.26 Å². The van der Waals surface area contributed by atoms with Crippen molar-refractivity contribution in [3.8, 4) is 6.07 Å². The number of hydrogen-bond donors (Lipinski definition) is 1. The molecule has 27 heavy (non-hydrogen) atoms. The number of hydrogen-bond acceptors (Lipinski definition) is 3. The Balaban J connectivity index is 1.62. The SMILES string of the molecule is CC1(C(=O)Nc2cccc(C#N)c2)CCN1C(=O)C/C=C/c1ccccc1. The van der Waals surface area contributed by atoms with Crippen molar-refractivity contribution in [3.05, 3.63) is 71.8 Å². The Bertz CT molecular complexity index is 915. The van der Waals surface area contributed by atoms with Crippen LogP contribution in [0.3, 0.4) is 0 Å².